The van der Waals surface area contributed by atoms with Crippen LogP contribution in [-0.4, -0.2) is 6.04 Å². The zero-order valence-corrected chi connectivity index (χ0v) is 10.3. The van der Waals surface area contributed by atoms with Crippen LogP contribution >= 0.6 is 0 Å². The van der Waals surface area contributed by atoms with Crippen molar-refractivity contribution in [2.24, 2.45) is 11.8 Å². The fourth-order valence-corrected chi connectivity index (χ4v) is 2.45. The number of nitrogens with two attached hydrogens (primary N) is 1. The van der Waals surface area contributed by atoms with Crippen molar-refractivity contribution in [2.45, 2.75) is 64.8 Å². The van der Waals surface area contributed by atoms with Crippen LogP contribution in [0.4, 0.5) is 0 Å². The molecule has 0 aromatic heterocycles. The van der Waals surface area contributed by atoms with Crippen molar-refractivity contribution in [3.8, 4) is 0 Å². The summed E-state index contributed by atoms with van der Waals surface area (Å²) in [7, 11) is 0. The lowest BCUT2D eigenvalue weighted by atomic mass is 9.88. The number of hydrazine groups is 1. The van der Waals surface area contributed by atoms with E-state index >= 15 is 0 Å². The zero-order chi connectivity index (χ0) is 11.1. The maximum Gasteiger partial charge on any atom is 0.0273 e. The van der Waals surface area contributed by atoms with Crippen molar-refractivity contribution in [1.29, 1.82) is 0 Å². The topological polar surface area (TPSA) is 38.0 Å². The fourth-order valence-electron chi connectivity index (χ4n) is 2.45. The van der Waals surface area contributed by atoms with Gasteiger partial charge < -0.3 is 0 Å². The number of nitrogens with one attached hydrogen (secondary N) is 1. The second kappa shape index (κ2) is 7.02. The Morgan fingerprint density at radius 3 is 2.80 bits per heavy atom. The van der Waals surface area contributed by atoms with Crippen LogP contribution in [0.2, 0.25) is 0 Å². The van der Waals surface area contributed by atoms with E-state index in [0.717, 1.165) is 6.42 Å². The third-order valence-corrected chi connectivity index (χ3v) is 3.51. The summed E-state index contributed by atoms with van der Waals surface area (Å²) in [5.41, 5.74) is 4.61. The maximum absolute atomic E-state index is 5.64. The minimum atomic E-state index is 0.467. The predicted molar refractivity (Wildman–Crippen MR) is 66.4 cm³/mol. The van der Waals surface area contributed by atoms with Gasteiger partial charge in [0.05, 0.1) is 0 Å². The molecule has 1 aliphatic carbocycles. The van der Waals surface area contributed by atoms with Crippen LogP contribution in [0.1, 0.15) is 58.8 Å². The van der Waals surface area contributed by atoms with Gasteiger partial charge in [-0.05, 0) is 44.4 Å². The minimum Gasteiger partial charge on any atom is -0.271 e. The van der Waals surface area contributed by atoms with Crippen LogP contribution in [0.25, 0.3) is 0 Å². The van der Waals surface area contributed by atoms with Crippen LogP contribution in [-0.2, 0) is 0 Å². The SMILES string of the molecule is CCCC(C)C(CC1=CCCCC1)NN. The molecule has 0 amide bonds. The highest BCUT2D eigenvalue weighted by atomic mass is 15.2. The summed E-state index contributed by atoms with van der Waals surface area (Å²) < 4.78 is 0. The molecule has 0 bridgehead atoms. The molecule has 0 radical (unpaired) electrons. The van der Waals surface area contributed by atoms with E-state index in [0.29, 0.717) is 12.0 Å². The van der Waals surface area contributed by atoms with Gasteiger partial charge in [-0.25, -0.2) is 0 Å². The third kappa shape index (κ3) is 4.35. The molecule has 2 nitrogen and oxygen atoms in total. The third-order valence-electron chi connectivity index (χ3n) is 3.51. The fraction of sp³-hybridized carbons (Fsp3) is 0.846. The number of hydrogen-bond acceptors (Lipinski definition) is 2. The van der Waals surface area contributed by atoms with Crippen molar-refractivity contribution in [3.05, 3.63) is 11.6 Å². The Kier molecular flexibility index (Phi) is 5.96. The summed E-state index contributed by atoms with van der Waals surface area (Å²) in [5.74, 6) is 6.33. The molecular formula is C13H26N2. The van der Waals surface area contributed by atoms with E-state index in [1.165, 1.54) is 38.5 Å². The van der Waals surface area contributed by atoms with Gasteiger partial charge in [0.15, 0.2) is 0 Å². The van der Waals surface area contributed by atoms with Crippen molar-refractivity contribution in [1.82, 2.24) is 5.43 Å². The Labute approximate surface area is 94.3 Å². The summed E-state index contributed by atoms with van der Waals surface area (Å²) in [6.45, 7) is 4.54. The van der Waals surface area contributed by atoms with Crippen molar-refractivity contribution < 1.29 is 0 Å². The van der Waals surface area contributed by atoms with Gasteiger partial charge in [0, 0.05) is 6.04 Å². The smallest absolute Gasteiger partial charge is 0.0273 e. The predicted octanol–water partition coefficient (Wildman–Crippen LogP) is 3.15. The molecule has 15 heavy (non-hydrogen) atoms. The summed E-state index contributed by atoms with van der Waals surface area (Å²) in [6, 6.07) is 0.467. The second-order valence-electron chi connectivity index (χ2n) is 4.85. The van der Waals surface area contributed by atoms with E-state index in [2.05, 4.69) is 25.3 Å². The summed E-state index contributed by atoms with van der Waals surface area (Å²) in [4.78, 5) is 0. The summed E-state index contributed by atoms with van der Waals surface area (Å²) in [6.07, 6.45) is 11.4. The van der Waals surface area contributed by atoms with Gasteiger partial charge in [0.2, 0.25) is 0 Å². The van der Waals surface area contributed by atoms with E-state index < -0.39 is 0 Å². The first kappa shape index (κ1) is 12.7. The molecule has 0 aliphatic heterocycles. The van der Waals surface area contributed by atoms with Gasteiger partial charge in [0.1, 0.15) is 0 Å². The van der Waals surface area contributed by atoms with Crippen molar-refractivity contribution in [2.75, 3.05) is 0 Å². The molecule has 0 heterocycles. The number of hydrogen-bond donors (Lipinski definition) is 2. The van der Waals surface area contributed by atoms with Gasteiger partial charge in [-0.1, -0.05) is 31.9 Å². The average Bonchev–Trinajstić information content (AvgIpc) is 2.27. The van der Waals surface area contributed by atoms with Crippen LogP contribution < -0.4 is 11.3 Å². The molecule has 88 valence electrons. The van der Waals surface area contributed by atoms with Crippen LogP contribution in [0.5, 0.6) is 0 Å². The molecule has 3 N–H and O–H groups in total. The molecule has 0 spiro atoms. The monoisotopic (exact) mass is 210 g/mol. The molecule has 0 aromatic rings. The van der Waals surface area contributed by atoms with Crippen molar-refractivity contribution >= 4 is 0 Å². The van der Waals surface area contributed by atoms with E-state index in [-0.39, 0.29) is 0 Å². The Balaban J connectivity index is 2.41. The maximum atomic E-state index is 5.64. The quantitative estimate of drug-likeness (QED) is 0.401. The van der Waals surface area contributed by atoms with Gasteiger partial charge in [0.25, 0.3) is 0 Å². The first-order valence-corrected chi connectivity index (χ1v) is 6.42. The Bertz CT molecular complexity index is 199. The Morgan fingerprint density at radius 1 is 1.47 bits per heavy atom. The van der Waals surface area contributed by atoms with Gasteiger partial charge in [-0.3, -0.25) is 11.3 Å². The van der Waals surface area contributed by atoms with E-state index in [1.807, 2.05) is 0 Å². The molecule has 1 rings (SSSR count). The zero-order valence-electron chi connectivity index (χ0n) is 10.3. The minimum absolute atomic E-state index is 0.467. The largest absolute Gasteiger partial charge is 0.271 e. The van der Waals surface area contributed by atoms with Gasteiger partial charge in [-0.15, -0.1) is 0 Å². The Morgan fingerprint density at radius 2 is 2.27 bits per heavy atom. The average molecular weight is 210 g/mol. The molecule has 0 saturated carbocycles. The highest BCUT2D eigenvalue weighted by molar-refractivity contribution is 5.07. The highest BCUT2D eigenvalue weighted by Crippen LogP contribution is 2.24. The molecule has 2 heteroatoms. The number of rotatable bonds is 6. The first-order chi connectivity index (χ1) is 7.27. The molecule has 0 saturated heterocycles. The molecular weight excluding hydrogens is 184 g/mol. The molecule has 0 fully saturated rings. The molecule has 2 atom stereocenters. The normalized spacial score (nSPS) is 20.9. The summed E-state index contributed by atoms with van der Waals surface area (Å²) in [5, 5.41) is 0. The first-order valence-electron chi connectivity index (χ1n) is 6.42. The lowest BCUT2D eigenvalue weighted by Crippen LogP contribution is -2.40. The standard InChI is InChI=1S/C13H26N2/c1-3-7-11(2)13(15-14)10-12-8-5-4-6-9-12/h8,11,13,15H,3-7,9-10,14H2,1-2H3. The Hall–Kier alpha value is -0.340. The van der Waals surface area contributed by atoms with Crippen LogP contribution in [0.15, 0.2) is 11.6 Å². The lowest BCUT2D eigenvalue weighted by Gasteiger charge is -2.25. The number of allylic oxidation sites excluding steroid dienone is 1. The second-order valence-corrected chi connectivity index (χ2v) is 4.85. The van der Waals surface area contributed by atoms with Crippen LogP contribution in [0.3, 0.4) is 0 Å². The van der Waals surface area contributed by atoms with Crippen molar-refractivity contribution in [3.63, 3.8) is 0 Å². The van der Waals surface area contributed by atoms with Gasteiger partial charge >= 0.3 is 0 Å². The molecule has 2 unspecified atom stereocenters. The highest BCUT2D eigenvalue weighted by Gasteiger charge is 2.17. The lowest BCUT2D eigenvalue weighted by molar-refractivity contribution is 0.352. The van der Waals surface area contributed by atoms with Crippen LogP contribution in [0, 0.1) is 5.92 Å². The van der Waals surface area contributed by atoms with E-state index in [1.54, 1.807) is 5.57 Å². The van der Waals surface area contributed by atoms with Gasteiger partial charge in [-0.2, -0.15) is 0 Å². The van der Waals surface area contributed by atoms with E-state index in [9.17, 15) is 0 Å². The van der Waals surface area contributed by atoms with E-state index in [4.69, 9.17) is 5.84 Å². The summed E-state index contributed by atoms with van der Waals surface area (Å²) >= 11 is 0. The molecule has 1 aliphatic rings. The molecule has 0 aromatic carbocycles.